The quantitative estimate of drug-likeness (QED) is 0.682. The van der Waals surface area contributed by atoms with E-state index in [1.807, 2.05) is 0 Å². The van der Waals surface area contributed by atoms with Crippen LogP contribution in [0.2, 0.25) is 0 Å². The lowest BCUT2D eigenvalue weighted by molar-refractivity contribution is -0.121. The van der Waals surface area contributed by atoms with Crippen molar-refractivity contribution in [1.82, 2.24) is 20.3 Å². The fraction of sp³-hybridized carbons (Fsp3) is 0.700. The van der Waals surface area contributed by atoms with Gasteiger partial charge in [0.1, 0.15) is 0 Å². The molecule has 0 saturated heterocycles. The van der Waals surface area contributed by atoms with Gasteiger partial charge < -0.3 is 11.1 Å². The number of nitrogens with two attached hydrogens (primary N) is 1. The number of nitrogens with one attached hydrogen (secondary N) is 1. The standard InChI is InChI=1S/C10H17N5O/c11-9(8-1-2-8)7-12-10(16)3-5-15-6-4-13-14-15/h4,6,8-9H,1-3,5,7,11H2,(H,12,16). The minimum Gasteiger partial charge on any atom is -0.354 e. The highest BCUT2D eigenvalue weighted by Crippen LogP contribution is 2.31. The van der Waals surface area contributed by atoms with Gasteiger partial charge >= 0.3 is 0 Å². The Hall–Kier alpha value is -1.43. The maximum Gasteiger partial charge on any atom is 0.221 e. The van der Waals surface area contributed by atoms with Crippen molar-refractivity contribution in [2.75, 3.05) is 6.54 Å². The van der Waals surface area contributed by atoms with Gasteiger partial charge in [0.25, 0.3) is 0 Å². The molecule has 88 valence electrons. The highest BCUT2D eigenvalue weighted by atomic mass is 16.1. The molecule has 6 heteroatoms. The molecule has 0 aliphatic heterocycles. The molecule has 0 bridgehead atoms. The third kappa shape index (κ3) is 3.30. The number of hydrogen-bond donors (Lipinski definition) is 2. The van der Waals surface area contributed by atoms with Crippen LogP contribution in [0.3, 0.4) is 0 Å². The van der Waals surface area contributed by atoms with E-state index >= 15 is 0 Å². The summed E-state index contributed by atoms with van der Waals surface area (Å²) in [4.78, 5) is 11.5. The lowest BCUT2D eigenvalue weighted by Gasteiger charge is -2.11. The highest BCUT2D eigenvalue weighted by Gasteiger charge is 2.28. The predicted molar refractivity (Wildman–Crippen MR) is 58.3 cm³/mol. The van der Waals surface area contributed by atoms with Crippen LogP contribution < -0.4 is 11.1 Å². The van der Waals surface area contributed by atoms with Crippen molar-refractivity contribution < 1.29 is 4.79 Å². The minimum absolute atomic E-state index is 0.0200. The van der Waals surface area contributed by atoms with E-state index in [4.69, 9.17) is 5.73 Å². The van der Waals surface area contributed by atoms with Gasteiger partial charge in [-0.05, 0) is 18.8 Å². The summed E-state index contributed by atoms with van der Waals surface area (Å²) in [5.41, 5.74) is 5.88. The number of carbonyl (C=O) groups is 1. The SMILES string of the molecule is NC(CNC(=O)CCn1ccnn1)C1CC1. The Morgan fingerprint density at radius 2 is 2.44 bits per heavy atom. The molecule has 0 spiro atoms. The van der Waals surface area contributed by atoms with Crippen LogP contribution in [0.25, 0.3) is 0 Å². The molecule has 1 heterocycles. The average Bonchev–Trinajstić information content (AvgIpc) is 3.01. The van der Waals surface area contributed by atoms with Gasteiger partial charge in [-0.2, -0.15) is 0 Å². The summed E-state index contributed by atoms with van der Waals surface area (Å²) in [7, 11) is 0. The second kappa shape index (κ2) is 5.07. The molecule has 1 amide bonds. The maximum atomic E-state index is 11.5. The Kier molecular flexibility index (Phi) is 3.51. The summed E-state index contributed by atoms with van der Waals surface area (Å²) in [5.74, 6) is 0.641. The fourth-order valence-corrected chi connectivity index (χ4v) is 1.58. The van der Waals surface area contributed by atoms with Crippen molar-refractivity contribution in [2.24, 2.45) is 11.7 Å². The molecule has 16 heavy (non-hydrogen) atoms. The number of hydrogen-bond acceptors (Lipinski definition) is 4. The van der Waals surface area contributed by atoms with Gasteiger partial charge in [0.15, 0.2) is 0 Å². The van der Waals surface area contributed by atoms with Crippen LogP contribution in [0.5, 0.6) is 0 Å². The monoisotopic (exact) mass is 223 g/mol. The summed E-state index contributed by atoms with van der Waals surface area (Å²) < 4.78 is 1.64. The normalized spacial score (nSPS) is 17.1. The fourth-order valence-electron chi connectivity index (χ4n) is 1.58. The second-order valence-corrected chi connectivity index (χ2v) is 4.22. The van der Waals surface area contributed by atoms with Crippen LogP contribution in [0.4, 0.5) is 0 Å². The van der Waals surface area contributed by atoms with E-state index in [9.17, 15) is 4.79 Å². The number of rotatable bonds is 6. The van der Waals surface area contributed by atoms with Crippen molar-refractivity contribution in [1.29, 1.82) is 0 Å². The Morgan fingerprint density at radius 3 is 3.06 bits per heavy atom. The number of nitrogens with zero attached hydrogens (tertiary/aromatic N) is 3. The molecular formula is C10H17N5O. The summed E-state index contributed by atoms with van der Waals surface area (Å²) in [5, 5.41) is 10.3. The van der Waals surface area contributed by atoms with E-state index in [0.29, 0.717) is 25.4 Å². The number of carbonyl (C=O) groups excluding carboxylic acids is 1. The average molecular weight is 223 g/mol. The Balaban J connectivity index is 1.60. The van der Waals surface area contributed by atoms with Crippen molar-refractivity contribution in [3.8, 4) is 0 Å². The molecule has 0 aromatic carbocycles. The van der Waals surface area contributed by atoms with E-state index in [0.717, 1.165) is 0 Å². The molecule has 1 atom stereocenters. The molecule has 0 radical (unpaired) electrons. The molecule has 1 saturated carbocycles. The molecule has 1 unspecified atom stereocenters. The van der Waals surface area contributed by atoms with Crippen LogP contribution in [-0.4, -0.2) is 33.5 Å². The third-order valence-electron chi connectivity index (χ3n) is 2.80. The van der Waals surface area contributed by atoms with E-state index in [-0.39, 0.29) is 11.9 Å². The molecule has 1 fully saturated rings. The van der Waals surface area contributed by atoms with E-state index < -0.39 is 0 Å². The molecule has 1 aromatic heterocycles. The highest BCUT2D eigenvalue weighted by molar-refractivity contribution is 5.75. The van der Waals surface area contributed by atoms with Crippen molar-refractivity contribution in [2.45, 2.75) is 31.8 Å². The second-order valence-electron chi connectivity index (χ2n) is 4.22. The summed E-state index contributed by atoms with van der Waals surface area (Å²) in [6.45, 7) is 1.14. The summed E-state index contributed by atoms with van der Waals surface area (Å²) >= 11 is 0. The van der Waals surface area contributed by atoms with Gasteiger partial charge in [0.05, 0.1) is 12.7 Å². The molecule has 3 N–H and O–H groups in total. The molecule has 1 aromatic rings. The van der Waals surface area contributed by atoms with Crippen LogP contribution in [0.1, 0.15) is 19.3 Å². The molecule has 1 aliphatic carbocycles. The van der Waals surface area contributed by atoms with Crippen molar-refractivity contribution >= 4 is 5.91 Å². The first-order valence-electron chi connectivity index (χ1n) is 5.62. The smallest absolute Gasteiger partial charge is 0.221 e. The van der Waals surface area contributed by atoms with Gasteiger partial charge in [0.2, 0.25) is 5.91 Å². The van der Waals surface area contributed by atoms with Crippen LogP contribution in [-0.2, 0) is 11.3 Å². The largest absolute Gasteiger partial charge is 0.354 e. The molecular weight excluding hydrogens is 206 g/mol. The van der Waals surface area contributed by atoms with Gasteiger partial charge in [-0.25, -0.2) is 0 Å². The maximum absolute atomic E-state index is 11.5. The van der Waals surface area contributed by atoms with Gasteiger partial charge in [-0.3, -0.25) is 9.48 Å². The Morgan fingerprint density at radius 1 is 1.62 bits per heavy atom. The lowest BCUT2D eigenvalue weighted by Crippen LogP contribution is -2.38. The van der Waals surface area contributed by atoms with Crippen molar-refractivity contribution in [3.63, 3.8) is 0 Å². The first kappa shape index (κ1) is 11.1. The van der Waals surface area contributed by atoms with Gasteiger partial charge in [0, 0.05) is 25.2 Å². The zero-order chi connectivity index (χ0) is 11.4. The van der Waals surface area contributed by atoms with E-state index in [2.05, 4.69) is 15.6 Å². The minimum atomic E-state index is 0.0200. The van der Waals surface area contributed by atoms with E-state index in [1.165, 1.54) is 12.8 Å². The first-order valence-corrected chi connectivity index (χ1v) is 5.62. The molecule has 1 aliphatic rings. The van der Waals surface area contributed by atoms with Crippen LogP contribution in [0.15, 0.2) is 12.4 Å². The zero-order valence-corrected chi connectivity index (χ0v) is 9.17. The Bertz CT molecular complexity index is 333. The third-order valence-corrected chi connectivity index (χ3v) is 2.80. The first-order chi connectivity index (χ1) is 7.75. The Labute approximate surface area is 94.2 Å². The number of aromatic nitrogens is 3. The molecule has 6 nitrogen and oxygen atoms in total. The van der Waals surface area contributed by atoms with Crippen LogP contribution >= 0.6 is 0 Å². The van der Waals surface area contributed by atoms with Gasteiger partial charge in [-0.15, -0.1) is 5.10 Å². The summed E-state index contributed by atoms with van der Waals surface area (Å²) in [6.07, 6.45) is 6.16. The summed E-state index contributed by atoms with van der Waals surface area (Å²) in [6, 6.07) is 0.121. The topological polar surface area (TPSA) is 85.8 Å². The number of amides is 1. The molecule has 2 rings (SSSR count). The van der Waals surface area contributed by atoms with Gasteiger partial charge in [-0.1, -0.05) is 5.21 Å². The van der Waals surface area contributed by atoms with Crippen LogP contribution in [0, 0.1) is 5.92 Å². The zero-order valence-electron chi connectivity index (χ0n) is 9.17. The predicted octanol–water partition coefficient (Wildman–Crippen LogP) is -0.478. The van der Waals surface area contributed by atoms with Crippen molar-refractivity contribution in [3.05, 3.63) is 12.4 Å². The van der Waals surface area contributed by atoms with E-state index in [1.54, 1.807) is 17.1 Å². The lowest BCUT2D eigenvalue weighted by atomic mass is 10.2. The number of aryl methyl sites for hydroxylation is 1.